The lowest BCUT2D eigenvalue weighted by Gasteiger charge is -2.26. The van der Waals surface area contributed by atoms with Crippen LogP contribution in [-0.4, -0.2) is 49.3 Å². The molecule has 0 unspecified atom stereocenters. The first-order valence-electron chi connectivity index (χ1n) is 11.2. The average Bonchev–Trinajstić information content (AvgIpc) is 3.40. The highest BCUT2D eigenvalue weighted by Crippen LogP contribution is 2.51. The minimum absolute atomic E-state index is 0.106. The number of nitrogens with zero attached hydrogens (tertiary/aromatic N) is 2. The number of sulfonamides is 1. The number of rotatable bonds is 7. The number of methoxy groups -OCH3 is 2. The van der Waals surface area contributed by atoms with Gasteiger partial charge in [0.15, 0.2) is 4.96 Å². The lowest BCUT2D eigenvalue weighted by Crippen LogP contribution is -2.38. The molecule has 0 atom stereocenters. The van der Waals surface area contributed by atoms with E-state index in [1.807, 2.05) is 17.4 Å². The number of imidazole rings is 1. The second-order valence-corrected chi connectivity index (χ2v) is 11.7. The summed E-state index contributed by atoms with van der Waals surface area (Å²) in [5.74, 6) is 0.294. The number of ether oxygens (including phenoxy) is 2. The van der Waals surface area contributed by atoms with Crippen LogP contribution < -0.4 is 9.46 Å². The lowest BCUT2D eigenvalue weighted by atomic mass is 9.94. The molecule has 0 bridgehead atoms. The molecule has 0 radical (unpaired) electrons. The van der Waals surface area contributed by atoms with E-state index in [1.54, 1.807) is 30.6 Å². The van der Waals surface area contributed by atoms with Gasteiger partial charge in [0.1, 0.15) is 16.2 Å². The summed E-state index contributed by atoms with van der Waals surface area (Å²) in [4.78, 5) is 6.83. The molecule has 1 aromatic carbocycles. The molecule has 2 saturated carbocycles. The van der Waals surface area contributed by atoms with Crippen molar-refractivity contribution in [3.05, 3.63) is 35.0 Å². The van der Waals surface area contributed by atoms with Crippen molar-refractivity contribution in [1.29, 1.82) is 0 Å². The monoisotopic (exact) mass is 491 g/mol. The summed E-state index contributed by atoms with van der Waals surface area (Å²) < 4.78 is 42.6. The molecule has 3 aromatic rings. The first-order chi connectivity index (χ1) is 15.8. The third-order valence-electron chi connectivity index (χ3n) is 6.79. The molecule has 2 aromatic heterocycles. The number of aliphatic hydroxyl groups excluding tert-OH is 1. The molecule has 2 heterocycles. The van der Waals surface area contributed by atoms with Gasteiger partial charge >= 0.3 is 0 Å². The zero-order valence-electron chi connectivity index (χ0n) is 19.0. The van der Waals surface area contributed by atoms with Crippen LogP contribution in [0, 0.1) is 6.92 Å². The van der Waals surface area contributed by atoms with Gasteiger partial charge in [0.05, 0.1) is 29.5 Å². The lowest BCUT2D eigenvalue weighted by molar-refractivity contribution is 0.0818. The van der Waals surface area contributed by atoms with Crippen molar-refractivity contribution in [2.75, 3.05) is 14.2 Å². The van der Waals surface area contributed by atoms with Crippen LogP contribution in [0.5, 0.6) is 5.75 Å². The Kier molecular flexibility index (Phi) is 5.77. The SMILES string of the molecule is COc1ccc(-c2c(C)nc3sc(C4(OC)CC4)cn23)cc1S(=O)(=O)NC1CCC(O)CC1. The van der Waals surface area contributed by atoms with Crippen molar-refractivity contribution in [1.82, 2.24) is 14.1 Å². The van der Waals surface area contributed by atoms with E-state index in [0.29, 0.717) is 31.4 Å². The second-order valence-electron chi connectivity index (χ2n) is 8.98. The number of aliphatic hydroxyl groups is 1. The largest absolute Gasteiger partial charge is 0.495 e. The van der Waals surface area contributed by atoms with Gasteiger partial charge in [-0.25, -0.2) is 18.1 Å². The number of thiazole rings is 1. The second kappa shape index (κ2) is 8.35. The van der Waals surface area contributed by atoms with Crippen LogP contribution in [0.15, 0.2) is 29.3 Å². The normalized spacial score (nSPS) is 22.5. The molecule has 0 spiro atoms. The van der Waals surface area contributed by atoms with Gasteiger partial charge < -0.3 is 14.6 Å². The standard InChI is InChI=1S/C23H29N3O5S2/c1-14-21(26-13-20(32-22(26)24-14)23(31-3)10-11-23)15-4-9-18(30-2)19(12-15)33(28,29)25-16-5-7-17(27)8-6-16/h4,9,12-13,16-17,25,27H,5-8,10-11H2,1-3H3. The molecule has 0 saturated heterocycles. The maximum absolute atomic E-state index is 13.3. The zero-order valence-corrected chi connectivity index (χ0v) is 20.6. The molecule has 5 rings (SSSR count). The van der Waals surface area contributed by atoms with E-state index in [0.717, 1.165) is 39.6 Å². The number of aromatic nitrogens is 2. The van der Waals surface area contributed by atoms with Crippen LogP contribution in [0.3, 0.4) is 0 Å². The third-order valence-corrected chi connectivity index (χ3v) is 9.50. The zero-order chi connectivity index (χ0) is 23.4. The van der Waals surface area contributed by atoms with E-state index in [-0.39, 0.29) is 22.6 Å². The first-order valence-corrected chi connectivity index (χ1v) is 13.5. The van der Waals surface area contributed by atoms with Gasteiger partial charge in [0.2, 0.25) is 10.0 Å². The highest BCUT2D eigenvalue weighted by atomic mass is 32.2. The molecule has 178 valence electrons. The predicted octanol–water partition coefficient (Wildman–Crippen LogP) is 3.60. The molecule has 33 heavy (non-hydrogen) atoms. The Hall–Kier alpha value is -1.98. The summed E-state index contributed by atoms with van der Waals surface area (Å²) in [5.41, 5.74) is 2.24. The summed E-state index contributed by atoms with van der Waals surface area (Å²) in [6, 6.07) is 5.03. The first kappa shape index (κ1) is 22.8. The molecular formula is C23H29N3O5S2. The van der Waals surface area contributed by atoms with E-state index in [9.17, 15) is 13.5 Å². The molecule has 8 nitrogen and oxygen atoms in total. The quantitative estimate of drug-likeness (QED) is 0.524. The van der Waals surface area contributed by atoms with Crippen LogP contribution in [-0.2, 0) is 20.4 Å². The van der Waals surface area contributed by atoms with Gasteiger partial charge in [0.25, 0.3) is 0 Å². The fourth-order valence-corrected chi connectivity index (χ4v) is 7.44. The Bertz CT molecular complexity index is 1280. The Labute approximate surface area is 197 Å². The Morgan fingerprint density at radius 3 is 2.58 bits per heavy atom. The van der Waals surface area contributed by atoms with Gasteiger partial charge in [-0.15, -0.1) is 0 Å². The molecule has 2 fully saturated rings. The molecule has 0 amide bonds. The Morgan fingerprint density at radius 1 is 1.21 bits per heavy atom. The molecule has 2 aliphatic rings. The number of nitrogens with one attached hydrogen (secondary N) is 1. The van der Waals surface area contributed by atoms with Crippen LogP contribution >= 0.6 is 11.3 Å². The Morgan fingerprint density at radius 2 is 1.94 bits per heavy atom. The fraction of sp³-hybridized carbons (Fsp3) is 0.522. The maximum Gasteiger partial charge on any atom is 0.244 e. The third kappa shape index (κ3) is 4.08. The number of fused-ring (bicyclic) bond motifs is 1. The smallest absolute Gasteiger partial charge is 0.244 e. The number of hydrogen-bond donors (Lipinski definition) is 2. The molecular weight excluding hydrogens is 462 g/mol. The summed E-state index contributed by atoms with van der Waals surface area (Å²) in [7, 11) is -0.607. The Balaban J connectivity index is 1.53. The molecule has 2 N–H and O–H groups in total. The van der Waals surface area contributed by atoms with Crippen molar-refractivity contribution in [3.8, 4) is 17.0 Å². The van der Waals surface area contributed by atoms with Crippen LogP contribution in [0.2, 0.25) is 0 Å². The van der Waals surface area contributed by atoms with Crippen LogP contribution in [0.25, 0.3) is 16.2 Å². The van der Waals surface area contributed by atoms with Crippen molar-refractivity contribution < 1.29 is 23.0 Å². The minimum atomic E-state index is -3.82. The number of aryl methyl sites for hydroxylation is 1. The summed E-state index contributed by atoms with van der Waals surface area (Å²) in [6.07, 6.45) is 6.14. The number of hydrogen-bond acceptors (Lipinski definition) is 7. The highest BCUT2D eigenvalue weighted by Gasteiger charge is 2.46. The van der Waals surface area contributed by atoms with Crippen molar-refractivity contribution in [2.24, 2.45) is 0 Å². The predicted molar refractivity (Wildman–Crippen MR) is 126 cm³/mol. The highest BCUT2D eigenvalue weighted by molar-refractivity contribution is 7.89. The summed E-state index contributed by atoms with van der Waals surface area (Å²) in [6.45, 7) is 1.93. The van der Waals surface area contributed by atoms with E-state index in [1.165, 1.54) is 7.11 Å². The summed E-state index contributed by atoms with van der Waals surface area (Å²) >= 11 is 1.61. The maximum atomic E-state index is 13.3. The van der Waals surface area contributed by atoms with E-state index in [4.69, 9.17) is 14.5 Å². The molecule has 10 heteroatoms. The van der Waals surface area contributed by atoms with Crippen molar-refractivity contribution in [2.45, 2.75) is 68.1 Å². The molecule has 0 aliphatic heterocycles. The fourth-order valence-electron chi connectivity index (χ4n) is 4.69. The van der Waals surface area contributed by atoms with Gasteiger partial charge in [0, 0.05) is 24.9 Å². The van der Waals surface area contributed by atoms with Gasteiger partial charge in [-0.1, -0.05) is 11.3 Å². The van der Waals surface area contributed by atoms with Gasteiger partial charge in [-0.2, -0.15) is 0 Å². The van der Waals surface area contributed by atoms with Crippen LogP contribution in [0.1, 0.15) is 49.1 Å². The van der Waals surface area contributed by atoms with Gasteiger partial charge in [-0.05, 0) is 63.6 Å². The van der Waals surface area contributed by atoms with E-state index < -0.39 is 10.0 Å². The molecule has 2 aliphatic carbocycles. The topological polar surface area (TPSA) is 102 Å². The average molecular weight is 492 g/mol. The van der Waals surface area contributed by atoms with E-state index in [2.05, 4.69) is 10.9 Å². The van der Waals surface area contributed by atoms with Crippen molar-refractivity contribution >= 4 is 26.3 Å². The van der Waals surface area contributed by atoms with Crippen molar-refractivity contribution in [3.63, 3.8) is 0 Å². The van der Waals surface area contributed by atoms with E-state index >= 15 is 0 Å². The summed E-state index contributed by atoms with van der Waals surface area (Å²) in [5, 5.41) is 9.74. The minimum Gasteiger partial charge on any atom is -0.495 e. The van der Waals surface area contributed by atoms with Gasteiger partial charge in [-0.3, -0.25) is 4.40 Å². The van der Waals surface area contributed by atoms with Crippen LogP contribution in [0.4, 0.5) is 0 Å². The number of benzene rings is 1.